The lowest BCUT2D eigenvalue weighted by Gasteiger charge is -2.11. The first kappa shape index (κ1) is 13.3. The Morgan fingerprint density at radius 3 is 2.31 bits per heavy atom. The van der Waals surface area contributed by atoms with E-state index in [1.54, 1.807) is 0 Å². The number of aryl methyl sites for hydroxylation is 2. The molecule has 0 spiro atoms. The summed E-state index contributed by atoms with van der Waals surface area (Å²) in [4.78, 5) is 0. The van der Waals surface area contributed by atoms with Crippen LogP contribution >= 0.6 is 0 Å². The van der Waals surface area contributed by atoms with E-state index in [1.807, 2.05) is 0 Å². The van der Waals surface area contributed by atoms with Crippen LogP contribution in [0.25, 0.3) is 0 Å². The zero-order chi connectivity index (χ0) is 12.0. The van der Waals surface area contributed by atoms with Crippen molar-refractivity contribution in [2.75, 3.05) is 0 Å². The number of benzene rings is 1. The second-order valence-electron chi connectivity index (χ2n) is 4.79. The highest BCUT2D eigenvalue weighted by molar-refractivity contribution is 5.43. The number of rotatable bonds is 6. The predicted octanol–water partition coefficient (Wildman–Crippen LogP) is 5.13. The summed E-state index contributed by atoms with van der Waals surface area (Å²) in [6, 6.07) is 4.46. The van der Waals surface area contributed by atoms with Gasteiger partial charge in [-0.1, -0.05) is 44.7 Å². The Kier molecular flexibility index (Phi) is 5.59. The van der Waals surface area contributed by atoms with Gasteiger partial charge in [0.15, 0.2) is 0 Å². The van der Waals surface area contributed by atoms with Gasteiger partial charge in [-0.15, -0.1) is 0 Å². The molecule has 0 unspecified atom stereocenters. The third kappa shape index (κ3) is 3.66. The zero-order valence-electron chi connectivity index (χ0n) is 11.3. The summed E-state index contributed by atoms with van der Waals surface area (Å²) in [5, 5.41) is 0. The van der Waals surface area contributed by atoms with Gasteiger partial charge in [0.05, 0.1) is 0 Å². The van der Waals surface area contributed by atoms with E-state index in [4.69, 9.17) is 0 Å². The van der Waals surface area contributed by atoms with Gasteiger partial charge in [0.1, 0.15) is 0 Å². The number of hydrogen-bond acceptors (Lipinski definition) is 0. The SMILES string of the molecule is CCCCCC[CH]c1c(C)ccc(C)c1C. The Labute approximate surface area is 101 Å². The highest BCUT2D eigenvalue weighted by atomic mass is 14.1. The first-order valence-corrected chi connectivity index (χ1v) is 6.56. The first-order chi connectivity index (χ1) is 7.66. The molecule has 0 fully saturated rings. The molecule has 0 heteroatoms. The molecule has 0 nitrogen and oxygen atoms in total. The lowest BCUT2D eigenvalue weighted by molar-refractivity contribution is 0.665. The predicted molar refractivity (Wildman–Crippen MR) is 72.8 cm³/mol. The van der Waals surface area contributed by atoms with Gasteiger partial charge in [0.25, 0.3) is 0 Å². The molecule has 0 N–H and O–H groups in total. The lowest BCUT2D eigenvalue weighted by atomic mass is 9.94. The first-order valence-electron chi connectivity index (χ1n) is 6.56. The van der Waals surface area contributed by atoms with E-state index < -0.39 is 0 Å². The molecule has 0 aliphatic carbocycles. The van der Waals surface area contributed by atoms with Crippen LogP contribution in [0.5, 0.6) is 0 Å². The fourth-order valence-corrected chi connectivity index (χ4v) is 2.10. The zero-order valence-corrected chi connectivity index (χ0v) is 11.3. The summed E-state index contributed by atoms with van der Waals surface area (Å²) in [7, 11) is 0. The normalized spacial score (nSPS) is 10.8. The molecule has 0 aliphatic heterocycles. The second-order valence-corrected chi connectivity index (χ2v) is 4.79. The van der Waals surface area contributed by atoms with Crippen LogP contribution in [0.15, 0.2) is 12.1 Å². The summed E-state index contributed by atoms with van der Waals surface area (Å²) in [6.45, 7) is 8.91. The molecule has 0 aromatic heterocycles. The quantitative estimate of drug-likeness (QED) is 0.579. The van der Waals surface area contributed by atoms with Crippen molar-refractivity contribution in [3.63, 3.8) is 0 Å². The average molecular weight is 217 g/mol. The molecule has 0 atom stereocenters. The van der Waals surface area contributed by atoms with Crippen molar-refractivity contribution in [1.29, 1.82) is 0 Å². The van der Waals surface area contributed by atoms with Crippen LogP contribution in [-0.4, -0.2) is 0 Å². The van der Waals surface area contributed by atoms with Gasteiger partial charge < -0.3 is 0 Å². The van der Waals surface area contributed by atoms with Crippen molar-refractivity contribution in [2.24, 2.45) is 0 Å². The fourth-order valence-electron chi connectivity index (χ4n) is 2.10. The maximum atomic E-state index is 2.42. The Morgan fingerprint density at radius 1 is 0.938 bits per heavy atom. The molecule has 1 aromatic carbocycles. The minimum atomic E-state index is 1.23. The molecular formula is C16H25. The van der Waals surface area contributed by atoms with Gasteiger partial charge in [-0.25, -0.2) is 0 Å². The average Bonchev–Trinajstić information content (AvgIpc) is 2.28. The molecule has 0 saturated carbocycles. The Morgan fingerprint density at radius 2 is 1.62 bits per heavy atom. The maximum Gasteiger partial charge on any atom is -0.00875 e. The molecule has 16 heavy (non-hydrogen) atoms. The van der Waals surface area contributed by atoms with E-state index in [0.29, 0.717) is 0 Å². The number of unbranched alkanes of at least 4 members (excludes halogenated alkanes) is 4. The largest absolute Gasteiger partial charge is 0.0654 e. The third-order valence-corrected chi connectivity index (χ3v) is 3.41. The molecule has 0 saturated heterocycles. The molecular weight excluding hydrogens is 192 g/mol. The minimum absolute atomic E-state index is 1.23. The Balaban J connectivity index is 2.50. The molecule has 1 rings (SSSR count). The van der Waals surface area contributed by atoms with Crippen molar-refractivity contribution in [2.45, 2.75) is 59.8 Å². The van der Waals surface area contributed by atoms with Gasteiger partial charge in [-0.05, 0) is 55.9 Å². The van der Waals surface area contributed by atoms with Crippen LogP contribution in [0.3, 0.4) is 0 Å². The highest BCUT2D eigenvalue weighted by Crippen LogP contribution is 2.21. The Bertz CT molecular complexity index is 323. The number of hydrogen-bond donors (Lipinski definition) is 0. The van der Waals surface area contributed by atoms with E-state index in [1.165, 1.54) is 54.4 Å². The van der Waals surface area contributed by atoms with Crippen molar-refractivity contribution in [3.05, 3.63) is 40.8 Å². The smallest absolute Gasteiger partial charge is 0.00875 e. The van der Waals surface area contributed by atoms with Crippen LogP contribution in [0, 0.1) is 27.2 Å². The van der Waals surface area contributed by atoms with Crippen LogP contribution < -0.4 is 0 Å². The fraction of sp³-hybridized carbons (Fsp3) is 0.562. The highest BCUT2D eigenvalue weighted by Gasteiger charge is 2.04. The second kappa shape index (κ2) is 6.73. The third-order valence-electron chi connectivity index (χ3n) is 3.41. The van der Waals surface area contributed by atoms with Gasteiger partial charge in [-0.3, -0.25) is 0 Å². The van der Waals surface area contributed by atoms with Gasteiger partial charge in [0, 0.05) is 0 Å². The van der Waals surface area contributed by atoms with E-state index in [2.05, 4.69) is 46.2 Å². The molecule has 0 bridgehead atoms. The van der Waals surface area contributed by atoms with Crippen LogP contribution in [0.2, 0.25) is 0 Å². The molecule has 0 aliphatic rings. The van der Waals surface area contributed by atoms with E-state index in [9.17, 15) is 0 Å². The molecule has 1 radical (unpaired) electrons. The monoisotopic (exact) mass is 217 g/mol. The van der Waals surface area contributed by atoms with Crippen molar-refractivity contribution >= 4 is 0 Å². The van der Waals surface area contributed by atoms with Gasteiger partial charge in [-0.2, -0.15) is 0 Å². The molecule has 89 valence electrons. The summed E-state index contributed by atoms with van der Waals surface area (Å²) < 4.78 is 0. The maximum absolute atomic E-state index is 2.42. The molecule has 0 heterocycles. The van der Waals surface area contributed by atoms with Crippen molar-refractivity contribution in [1.82, 2.24) is 0 Å². The topological polar surface area (TPSA) is 0 Å². The van der Waals surface area contributed by atoms with Crippen LogP contribution in [-0.2, 0) is 0 Å². The minimum Gasteiger partial charge on any atom is -0.0654 e. The summed E-state index contributed by atoms with van der Waals surface area (Å²) in [5.41, 5.74) is 5.75. The summed E-state index contributed by atoms with van der Waals surface area (Å²) >= 11 is 0. The van der Waals surface area contributed by atoms with Gasteiger partial charge in [0.2, 0.25) is 0 Å². The standard InChI is InChI=1S/C16H25/c1-5-6-7-8-9-10-16-14(3)12-11-13(2)15(16)4/h10-12H,5-9H2,1-4H3. The van der Waals surface area contributed by atoms with E-state index in [-0.39, 0.29) is 0 Å². The van der Waals surface area contributed by atoms with Crippen LogP contribution in [0.4, 0.5) is 0 Å². The lowest BCUT2D eigenvalue weighted by Crippen LogP contribution is -1.94. The summed E-state index contributed by atoms with van der Waals surface area (Å²) in [6.07, 6.45) is 9.05. The van der Waals surface area contributed by atoms with Crippen molar-refractivity contribution in [3.8, 4) is 0 Å². The Hall–Kier alpha value is -0.780. The van der Waals surface area contributed by atoms with E-state index in [0.717, 1.165) is 0 Å². The van der Waals surface area contributed by atoms with Gasteiger partial charge >= 0.3 is 0 Å². The molecule has 1 aromatic rings. The van der Waals surface area contributed by atoms with Crippen LogP contribution in [0.1, 0.15) is 61.3 Å². The van der Waals surface area contributed by atoms with E-state index >= 15 is 0 Å². The molecule has 0 amide bonds. The van der Waals surface area contributed by atoms with Crippen molar-refractivity contribution < 1.29 is 0 Å². The summed E-state index contributed by atoms with van der Waals surface area (Å²) in [5.74, 6) is 0.